The Morgan fingerprint density at radius 3 is 2.05 bits per heavy atom. The van der Waals surface area contributed by atoms with Crippen LogP contribution in [0.4, 0.5) is 5.69 Å². The van der Waals surface area contributed by atoms with Crippen LogP contribution in [0.25, 0.3) is 0 Å². The highest BCUT2D eigenvalue weighted by molar-refractivity contribution is 9.10. The summed E-state index contributed by atoms with van der Waals surface area (Å²) in [5.74, 6) is -1.41. The molecular weight excluding hydrogens is 366 g/mol. The number of hydrogen-bond donors (Lipinski definition) is 0. The van der Waals surface area contributed by atoms with E-state index in [1.807, 2.05) is 0 Å². The first-order valence-electron chi connectivity index (χ1n) is 5.76. The van der Waals surface area contributed by atoms with Gasteiger partial charge in [0.05, 0.1) is 29.7 Å². The standard InChI is InChI=1S/C12H12BrNO8/c1-19-11(15)5-21-9-4-8(14(17)18)10(3-7(9)13)22-6-12(16)20-2/h3-4H,5-6H2,1-2H3. The summed E-state index contributed by atoms with van der Waals surface area (Å²) in [6.45, 7) is -0.888. The topological polar surface area (TPSA) is 114 Å². The minimum absolute atomic E-state index is 0.0579. The molecule has 0 bridgehead atoms. The van der Waals surface area contributed by atoms with Gasteiger partial charge in [-0.3, -0.25) is 10.1 Å². The van der Waals surface area contributed by atoms with Gasteiger partial charge in [0.2, 0.25) is 0 Å². The van der Waals surface area contributed by atoms with Crippen LogP contribution in [0.5, 0.6) is 11.5 Å². The molecular formula is C12H12BrNO8. The Kier molecular flexibility index (Phi) is 6.57. The molecule has 0 aromatic heterocycles. The summed E-state index contributed by atoms with van der Waals surface area (Å²) >= 11 is 3.13. The third-order valence-corrected chi connectivity index (χ3v) is 2.98. The summed E-state index contributed by atoms with van der Waals surface area (Å²) in [6.07, 6.45) is 0. The van der Waals surface area contributed by atoms with Crippen molar-refractivity contribution in [2.45, 2.75) is 0 Å². The number of carbonyl (C=O) groups excluding carboxylic acids is 2. The zero-order chi connectivity index (χ0) is 16.7. The van der Waals surface area contributed by atoms with E-state index in [2.05, 4.69) is 25.4 Å². The summed E-state index contributed by atoms with van der Waals surface area (Å²) < 4.78 is 19.2. The molecule has 0 saturated heterocycles. The van der Waals surface area contributed by atoms with Crippen LogP contribution in [-0.2, 0) is 19.1 Å². The number of hydrogen-bond acceptors (Lipinski definition) is 8. The normalized spacial score (nSPS) is 9.77. The summed E-state index contributed by atoms with van der Waals surface area (Å²) in [5.41, 5.74) is -0.424. The van der Waals surface area contributed by atoms with Gasteiger partial charge >= 0.3 is 17.6 Å². The smallest absolute Gasteiger partial charge is 0.343 e. The van der Waals surface area contributed by atoms with Crippen LogP contribution in [0.2, 0.25) is 0 Å². The van der Waals surface area contributed by atoms with Crippen molar-refractivity contribution >= 4 is 33.6 Å². The predicted octanol–water partition coefficient (Wildman–Crippen LogP) is 1.46. The molecule has 0 aliphatic rings. The van der Waals surface area contributed by atoms with E-state index in [4.69, 9.17) is 9.47 Å². The highest BCUT2D eigenvalue weighted by atomic mass is 79.9. The van der Waals surface area contributed by atoms with E-state index in [-0.39, 0.29) is 11.5 Å². The third-order valence-electron chi connectivity index (χ3n) is 2.36. The van der Waals surface area contributed by atoms with E-state index in [0.717, 1.165) is 6.07 Å². The van der Waals surface area contributed by atoms with Crippen LogP contribution in [0.3, 0.4) is 0 Å². The lowest BCUT2D eigenvalue weighted by Crippen LogP contribution is -2.14. The van der Waals surface area contributed by atoms with E-state index >= 15 is 0 Å². The lowest BCUT2D eigenvalue weighted by atomic mass is 10.3. The highest BCUT2D eigenvalue weighted by Crippen LogP contribution is 2.37. The number of carbonyl (C=O) groups is 2. The highest BCUT2D eigenvalue weighted by Gasteiger charge is 2.21. The average Bonchev–Trinajstić information content (AvgIpc) is 2.50. The van der Waals surface area contributed by atoms with Gasteiger partial charge in [0.1, 0.15) is 5.75 Å². The molecule has 0 unspecified atom stereocenters. The molecule has 0 fully saturated rings. The fourth-order valence-corrected chi connectivity index (χ4v) is 1.72. The Hall–Kier alpha value is -2.36. The number of rotatable bonds is 7. The van der Waals surface area contributed by atoms with Crippen LogP contribution in [0.1, 0.15) is 0 Å². The molecule has 1 rings (SSSR count). The summed E-state index contributed by atoms with van der Waals surface area (Å²) in [6, 6.07) is 2.33. The van der Waals surface area contributed by atoms with Crippen molar-refractivity contribution < 1.29 is 33.5 Å². The van der Waals surface area contributed by atoms with Crippen LogP contribution in [0.15, 0.2) is 16.6 Å². The number of halogens is 1. The molecule has 9 nitrogen and oxygen atoms in total. The second kappa shape index (κ2) is 8.17. The molecule has 0 N–H and O–H groups in total. The maximum atomic E-state index is 11.0. The number of esters is 2. The van der Waals surface area contributed by atoms with Crippen molar-refractivity contribution in [3.8, 4) is 11.5 Å². The zero-order valence-corrected chi connectivity index (χ0v) is 13.2. The second-order valence-corrected chi connectivity index (χ2v) is 4.59. The number of nitro groups is 1. The first kappa shape index (κ1) is 17.7. The van der Waals surface area contributed by atoms with Gasteiger partial charge in [-0.15, -0.1) is 0 Å². The van der Waals surface area contributed by atoms with E-state index in [9.17, 15) is 19.7 Å². The molecule has 1 aromatic rings. The van der Waals surface area contributed by atoms with Gasteiger partial charge in [0.25, 0.3) is 0 Å². The Morgan fingerprint density at radius 2 is 1.59 bits per heavy atom. The summed E-state index contributed by atoms with van der Waals surface area (Å²) in [7, 11) is 2.35. The van der Waals surface area contributed by atoms with E-state index < -0.39 is 35.8 Å². The van der Waals surface area contributed by atoms with Crippen molar-refractivity contribution in [3.63, 3.8) is 0 Å². The van der Waals surface area contributed by atoms with Crippen molar-refractivity contribution in [1.82, 2.24) is 0 Å². The second-order valence-electron chi connectivity index (χ2n) is 3.74. The van der Waals surface area contributed by atoms with Crippen molar-refractivity contribution in [2.24, 2.45) is 0 Å². The SMILES string of the molecule is COC(=O)COc1cc([N+](=O)[O-])c(OCC(=O)OC)cc1Br. The first-order valence-corrected chi connectivity index (χ1v) is 6.55. The van der Waals surface area contributed by atoms with E-state index in [1.54, 1.807) is 0 Å². The maximum Gasteiger partial charge on any atom is 0.343 e. The monoisotopic (exact) mass is 377 g/mol. The molecule has 0 aliphatic carbocycles. The Morgan fingerprint density at radius 1 is 1.09 bits per heavy atom. The number of nitro benzene ring substituents is 1. The van der Waals surface area contributed by atoms with Gasteiger partial charge in [-0.05, 0) is 15.9 Å². The number of methoxy groups -OCH3 is 2. The molecule has 0 heterocycles. The van der Waals surface area contributed by atoms with Gasteiger partial charge in [-0.2, -0.15) is 0 Å². The van der Waals surface area contributed by atoms with Crippen LogP contribution < -0.4 is 9.47 Å². The Bertz CT molecular complexity index is 589. The molecule has 0 amide bonds. The predicted molar refractivity (Wildman–Crippen MR) is 75.8 cm³/mol. The molecule has 0 saturated carbocycles. The third kappa shape index (κ3) is 4.88. The molecule has 120 valence electrons. The van der Waals surface area contributed by atoms with Crippen LogP contribution in [-0.4, -0.2) is 44.3 Å². The van der Waals surface area contributed by atoms with E-state index in [0.29, 0.717) is 4.47 Å². The van der Waals surface area contributed by atoms with Gasteiger partial charge in [0.15, 0.2) is 19.0 Å². The largest absolute Gasteiger partial charge is 0.480 e. The van der Waals surface area contributed by atoms with E-state index in [1.165, 1.54) is 20.3 Å². The fraction of sp³-hybridized carbons (Fsp3) is 0.333. The fourth-order valence-electron chi connectivity index (χ4n) is 1.28. The van der Waals surface area contributed by atoms with Crippen molar-refractivity contribution in [2.75, 3.05) is 27.4 Å². The lowest BCUT2D eigenvalue weighted by Gasteiger charge is -2.10. The number of nitrogens with zero attached hydrogens (tertiary/aromatic N) is 1. The van der Waals surface area contributed by atoms with Gasteiger partial charge < -0.3 is 18.9 Å². The van der Waals surface area contributed by atoms with Gasteiger partial charge in [0, 0.05) is 6.07 Å². The molecule has 0 atom stereocenters. The minimum Gasteiger partial charge on any atom is -0.480 e. The zero-order valence-electron chi connectivity index (χ0n) is 11.7. The van der Waals surface area contributed by atoms with Crippen LogP contribution in [0, 0.1) is 10.1 Å². The molecule has 0 radical (unpaired) electrons. The average molecular weight is 378 g/mol. The molecule has 1 aromatic carbocycles. The molecule has 0 spiro atoms. The Labute approximate surface area is 133 Å². The van der Waals surface area contributed by atoms with Gasteiger partial charge in [-0.25, -0.2) is 9.59 Å². The maximum absolute atomic E-state index is 11.0. The first-order chi connectivity index (χ1) is 10.4. The quantitative estimate of drug-likeness (QED) is 0.398. The van der Waals surface area contributed by atoms with Gasteiger partial charge in [-0.1, -0.05) is 0 Å². The number of ether oxygens (including phenoxy) is 4. The molecule has 0 aliphatic heterocycles. The molecule has 10 heteroatoms. The minimum atomic E-state index is -0.704. The number of benzene rings is 1. The summed E-state index contributed by atoms with van der Waals surface area (Å²) in [5, 5.41) is 11.0. The van der Waals surface area contributed by atoms with Crippen LogP contribution >= 0.6 is 15.9 Å². The Balaban J connectivity index is 2.99. The van der Waals surface area contributed by atoms with Crippen molar-refractivity contribution in [1.29, 1.82) is 0 Å². The molecule has 22 heavy (non-hydrogen) atoms. The lowest BCUT2D eigenvalue weighted by molar-refractivity contribution is -0.385. The summed E-state index contributed by atoms with van der Waals surface area (Å²) in [4.78, 5) is 32.4. The van der Waals surface area contributed by atoms with Crippen molar-refractivity contribution in [3.05, 3.63) is 26.7 Å².